The maximum Gasteiger partial charge on any atom is 0.225 e. The molecule has 1 aliphatic rings. The van der Waals surface area contributed by atoms with Crippen LogP contribution in [0.2, 0.25) is 0 Å². The minimum Gasteiger partial charge on any atom is -0.378 e. The van der Waals surface area contributed by atoms with Gasteiger partial charge >= 0.3 is 0 Å². The Morgan fingerprint density at radius 3 is 2.50 bits per heavy atom. The van der Waals surface area contributed by atoms with Crippen LogP contribution in [0.25, 0.3) is 0 Å². The first-order valence-corrected chi connectivity index (χ1v) is 7.16. The van der Waals surface area contributed by atoms with E-state index >= 15 is 0 Å². The summed E-state index contributed by atoms with van der Waals surface area (Å²) in [6, 6.07) is 7.99. The van der Waals surface area contributed by atoms with Gasteiger partial charge in [0.15, 0.2) is 0 Å². The lowest BCUT2D eigenvalue weighted by Gasteiger charge is -2.40. The van der Waals surface area contributed by atoms with Crippen LogP contribution in [-0.4, -0.2) is 30.6 Å². The Kier molecular flexibility index (Phi) is 4.78. The highest BCUT2D eigenvalue weighted by Gasteiger charge is 2.39. The van der Waals surface area contributed by atoms with Crippen molar-refractivity contribution in [2.75, 3.05) is 14.2 Å². The van der Waals surface area contributed by atoms with Crippen LogP contribution in [0.1, 0.15) is 36.8 Å². The molecule has 20 heavy (non-hydrogen) atoms. The van der Waals surface area contributed by atoms with Crippen molar-refractivity contribution in [3.05, 3.63) is 35.4 Å². The minimum atomic E-state index is -0.210. The maximum atomic E-state index is 12.3. The molecule has 1 aliphatic carbocycles. The average Bonchev–Trinajstić information content (AvgIpc) is 2.43. The summed E-state index contributed by atoms with van der Waals surface area (Å²) in [4.78, 5) is 14.1. The predicted octanol–water partition coefficient (Wildman–Crippen LogP) is 2.06. The number of rotatable bonds is 6. The van der Waals surface area contributed by atoms with E-state index in [1.807, 2.05) is 31.3 Å². The molecule has 1 aromatic carbocycles. The van der Waals surface area contributed by atoms with Gasteiger partial charge in [-0.25, -0.2) is 0 Å². The van der Waals surface area contributed by atoms with Gasteiger partial charge in [-0.2, -0.15) is 0 Å². The van der Waals surface area contributed by atoms with E-state index in [9.17, 15) is 4.79 Å². The van der Waals surface area contributed by atoms with E-state index in [4.69, 9.17) is 10.5 Å². The summed E-state index contributed by atoms with van der Waals surface area (Å²) in [7, 11) is 3.55. The van der Waals surface area contributed by atoms with Crippen LogP contribution in [0.3, 0.4) is 0 Å². The van der Waals surface area contributed by atoms with E-state index in [0.29, 0.717) is 19.5 Å². The number of methoxy groups -OCH3 is 1. The monoisotopic (exact) mass is 276 g/mol. The van der Waals surface area contributed by atoms with Gasteiger partial charge in [-0.15, -0.1) is 0 Å². The second kappa shape index (κ2) is 6.37. The van der Waals surface area contributed by atoms with Crippen molar-refractivity contribution in [3.8, 4) is 0 Å². The van der Waals surface area contributed by atoms with Gasteiger partial charge in [-0.1, -0.05) is 24.3 Å². The third-order valence-corrected chi connectivity index (χ3v) is 4.34. The maximum absolute atomic E-state index is 12.3. The molecule has 110 valence electrons. The van der Waals surface area contributed by atoms with E-state index in [-0.39, 0.29) is 11.5 Å². The van der Waals surface area contributed by atoms with Gasteiger partial charge in [-0.3, -0.25) is 4.79 Å². The van der Waals surface area contributed by atoms with E-state index in [1.54, 1.807) is 12.0 Å². The van der Waals surface area contributed by atoms with Crippen LogP contribution < -0.4 is 5.73 Å². The molecule has 4 heteroatoms. The van der Waals surface area contributed by atoms with Gasteiger partial charge in [0.1, 0.15) is 0 Å². The molecule has 0 saturated heterocycles. The molecular weight excluding hydrogens is 252 g/mol. The van der Waals surface area contributed by atoms with E-state index < -0.39 is 0 Å². The Morgan fingerprint density at radius 1 is 1.35 bits per heavy atom. The van der Waals surface area contributed by atoms with Crippen LogP contribution in [-0.2, 0) is 22.6 Å². The molecule has 0 radical (unpaired) electrons. The fraction of sp³-hybridized carbons (Fsp3) is 0.562. The van der Waals surface area contributed by atoms with Gasteiger partial charge in [0.25, 0.3) is 0 Å². The van der Waals surface area contributed by atoms with Crippen LogP contribution >= 0.6 is 0 Å². The zero-order valence-electron chi connectivity index (χ0n) is 12.4. The van der Waals surface area contributed by atoms with Crippen LogP contribution in [0.4, 0.5) is 0 Å². The van der Waals surface area contributed by atoms with Gasteiger partial charge in [0, 0.05) is 27.2 Å². The highest BCUT2D eigenvalue weighted by Crippen LogP contribution is 2.38. The van der Waals surface area contributed by atoms with Crippen LogP contribution in [0.5, 0.6) is 0 Å². The number of amides is 1. The van der Waals surface area contributed by atoms with E-state index in [0.717, 1.165) is 30.4 Å². The second-order valence-corrected chi connectivity index (χ2v) is 5.64. The minimum absolute atomic E-state index is 0.137. The number of carbonyl (C=O) groups is 1. The molecule has 4 nitrogen and oxygen atoms in total. The summed E-state index contributed by atoms with van der Waals surface area (Å²) in [5.41, 5.74) is 7.73. The lowest BCUT2D eigenvalue weighted by Crippen LogP contribution is -2.44. The molecule has 0 aromatic heterocycles. The molecule has 0 spiro atoms. The molecule has 0 unspecified atom stereocenters. The molecule has 0 heterocycles. The van der Waals surface area contributed by atoms with Gasteiger partial charge in [0.05, 0.1) is 12.0 Å². The normalized spacial score (nSPS) is 16.6. The SMILES string of the molecule is COC1(CC(=O)N(C)Cc2ccccc2CN)CCC1. The molecule has 0 atom stereocenters. The fourth-order valence-corrected chi connectivity index (χ4v) is 2.69. The molecule has 2 rings (SSSR count). The summed E-state index contributed by atoms with van der Waals surface area (Å²) in [6.45, 7) is 1.10. The van der Waals surface area contributed by atoms with Crippen LogP contribution in [0.15, 0.2) is 24.3 Å². The fourth-order valence-electron chi connectivity index (χ4n) is 2.69. The average molecular weight is 276 g/mol. The molecule has 1 fully saturated rings. The number of hydrogen-bond acceptors (Lipinski definition) is 3. The largest absolute Gasteiger partial charge is 0.378 e. The van der Waals surface area contributed by atoms with E-state index in [1.165, 1.54) is 0 Å². The molecular formula is C16H24N2O2. The zero-order chi connectivity index (χ0) is 14.6. The summed E-state index contributed by atoms with van der Waals surface area (Å²) >= 11 is 0. The molecule has 0 bridgehead atoms. The van der Waals surface area contributed by atoms with Gasteiger partial charge < -0.3 is 15.4 Å². The summed E-state index contributed by atoms with van der Waals surface area (Å²) in [5, 5.41) is 0. The zero-order valence-corrected chi connectivity index (χ0v) is 12.4. The Hall–Kier alpha value is -1.39. The molecule has 1 amide bonds. The Balaban J connectivity index is 1.97. The van der Waals surface area contributed by atoms with Crippen LogP contribution in [0, 0.1) is 0 Å². The van der Waals surface area contributed by atoms with Crippen molar-refractivity contribution in [2.45, 2.75) is 44.4 Å². The van der Waals surface area contributed by atoms with Crippen molar-refractivity contribution in [3.63, 3.8) is 0 Å². The topological polar surface area (TPSA) is 55.6 Å². The van der Waals surface area contributed by atoms with Crippen molar-refractivity contribution >= 4 is 5.91 Å². The molecule has 0 aliphatic heterocycles. The highest BCUT2D eigenvalue weighted by molar-refractivity contribution is 5.77. The third kappa shape index (κ3) is 3.19. The first kappa shape index (κ1) is 15.0. The molecule has 1 saturated carbocycles. The summed E-state index contributed by atoms with van der Waals surface area (Å²) in [5.74, 6) is 0.137. The quantitative estimate of drug-likeness (QED) is 0.865. The number of carbonyl (C=O) groups excluding carboxylic acids is 1. The molecule has 2 N–H and O–H groups in total. The van der Waals surface area contributed by atoms with Crippen molar-refractivity contribution < 1.29 is 9.53 Å². The number of nitrogens with two attached hydrogens (primary N) is 1. The Morgan fingerprint density at radius 2 is 2.00 bits per heavy atom. The van der Waals surface area contributed by atoms with E-state index in [2.05, 4.69) is 0 Å². The lowest BCUT2D eigenvalue weighted by atomic mass is 9.77. The number of ether oxygens (including phenoxy) is 1. The number of nitrogens with zero attached hydrogens (tertiary/aromatic N) is 1. The smallest absolute Gasteiger partial charge is 0.225 e. The van der Waals surface area contributed by atoms with Gasteiger partial charge in [-0.05, 0) is 30.4 Å². The Labute approximate surface area is 120 Å². The molecule has 1 aromatic rings. The van der Waals surface area contributed by atoms with Crippen molar-refractivity contribution in [2.24, 2.45) is 5.73 Å². The van der Waals surface area contributed by atoms with Crippen molar-refractivity contribution in [1.29, 1.82) is 0 Å². The van der Waals surface area contributed by atoms with Crippen molar-refractivity contribution in [1.82, 2.24) is 4.90 Å². The standard InChI is InChI=1S/C16H24N2O2/c1-18(12-14-7-4-3-6-13(14)11-17)15(19)10-16(20-2)8-5-9-16/h3-4,6-7H,5,8-12,17H2,1-2H3. The third-order valence-electron chi connectivity index (χ3n) is 4.34. The second-order valence-electron chi connectivity index (χ2n) is 5.64. The summed E-state index contributed by atoms with van der Waals surface area (Å²) < 4.78 is 5.52. The summed E-state index contributed by atoms with van der Waals surface area (Å²) in [6.07, 6.45) is 3.61. The first-order valence-electron chi connectivity index (χ1n) is 7.16. The van der Waals surface area contributed by atoms with Gasteiger partial charge in [0.2, 0.25) is 5.91 Å². The predicted molar refractivity (Wildman–Crippen MR) is 79.0 cm³/mol. The first-order chi connectivity index (χ1) is 9.60. The lowest BCUT2D eigenvalue weighted by molar-refractivity contribution is -0.143. The number of hydrogen-bond donors (Lipinski definition) is 1. The number of benzene rings is 1. The highest BCUT2D eigenvalue weighted by atomic mass is 16.5. The Bertz CT molecular complexity index is 464.